The molecule has 132 valence electrons. The molecule has 1 amide bonds. The van der Waals surface area contributed by atoms with Crippen LogP contribution in [-0.4, -0.2) is 35.1 Å². The zero-order valence-electron chi connectivity index (χ0n) is 14.2. The molecule has 2 heterocycles. The van der Waals surface area contributed by atoms with Gasteiger partial charge in [0.2, 0.25) is 5.91 Å². The van der Waals surface area contributed by atoms with E-state index in [-0.39, 0.29) is 17.6 Å². The third kappa shape index (κ3) is 4.30. The van der Waals surface area contributed by atoms with E-state index in [2.05, 4.69) is 0 Å². The van der Waals surface area contributed by atoms with E-state index in [1.54, 1.807) is 10.6 Å². The number of aryl methyl sites for hydroxylation is 1. The van der Waals surface area contributed by atoms with Gasteiger partial charge < -0.3 is 14.2 Å². The minimum Gasteiger partial charge on any atom is -0.370 e. The van der Waals surface area contributed by atoms with Crippen molar-refractivity contribution in [3.63, 3.8) is 0 Å². The summed E-state index contributed by atoms with van der Waals surface area (Å²) >= 11 is 5.92. The summed E-state index contributed by atoms with van der Waals surface area (Å²) in [5.41, 5.74) is 1.80. The molecule has 5 nitrogen and oxygen atoms in total. The second kappa shape index (κ2) is 7.85. The number of carbonyl (C=O) groups is 1. The average Bonchev–Trinajstić information content (AvgIpc) is 2.62. The predicted molar refractivity (Wildman–Crippen MR) is 96.8 cm³/mol. The molecular formula is C19H21ClN2O3. The molecule has 0 radical (unpaired) electrons. The summed E-state index contributed by atoms with van der Waals surface area (Å²) < 4.78 is 7.43. The number of nitrogens with zero attached hydrogens (tertiary/aromatic N) is 2. The summed E-state index contributed by atoms with van der Waals surface area (Å²) in [5.74, 6) is 0.0393. The summed E-state index contributed by atoms with van der Waals surface area (Å²) in [5, 5.41) is 0.677. The fourth-order valence-electron chi connectivity index (χ4n) is 3.03. The number of morpholine rings is 1. The number of ether oxygens (including phenoxy) is 1. The molecule has 0 N–H and O–H groups in total. The molecule has 1 fully saturated rings. The van der Waals surface area contributed by atoms with Gasteiger partial charge in [-0.25, -0.2) is 0 Å². The Hall–Kier alpha value is -2.11. The van der Waals surface area contributed by atoms with Crippen LogP contribution in [0.5, 0.6) is 0 Å². The van der Waals surface area contributed by atoms with E-state index in [4.69, 9.17) is 16.3 Å². The Labute approximate surface area is 151 Å². The van der Waals surface area contributed by atoms with E-state index < -0.39 is 0 Å². The van der Waals surface area contributed by atoms with Crippen LogP contribution in [0.2, 0.25) is 5.02 Å². The maximum absolute atomic E-state index is 12.6. The summed E-state index contributed by atoms with van der Waals surface area (Å²) in [6.45, 7) is 3.86. The summed E-state index contributed by atoms with van der Waals surface area (Å²) in [4.78, 5) is 26.3. The average molecular weight is 361 g/mol. The molecule has 0 spiro atoms. The Bertz CT molecular complexity index is 801. The maximum Gasteiger partial charge on any atom is 0.250 e. The minimum atomic E-state index is -0.142. The van der Waals surface area contributed by atoms with Gasteiger partial charge in [0.25, 0.3) is 5.56 Å². The van der Waals surface area contributed by atoms with Crippen LogP contribution in [0.1, 0.15) is 23.8 Å². The fraction of sp³-hybridized carbons (Fsp3) is 0.368. The zero-order valence-corrected chi connectivity index (χ0v) is 14.9. The monoisotopic (exact) mass is 360 g/mol. The van der Waals surface area contributed by atoms with Gasteiger partial charge in [0.05, 0.1) is 13.2 Å². The number of rotatable bonds is 4. The Kier molecular flexibility index (Phi) is 5.56. The third-order valence-electron chi connectivity index (χ3n) is 4.48. The standard InChI is InChI=1S/C19H21ClN2O3/c1-14-3-2-4-19(24)22(14)10-9-18(23)21-11-12-25-17(13-21)15-5-7-16(20)8-6-15/h2-8,17H,9-13H2,1H3. The van der Waals surface area contributed by atoms with Gasteiger partial charge in [-0.3, -0.25) is 9.59 Å². The van der Waals surface area contributed by atoms with Crippen molar-refractivity contribution in [3.05, 3.63) is 69.1 Å². The molecule has 1 aromatic heterocycles. The molecule has 3 rings (SSSR count). The topological polar surface area (TPSA) is 51.5 Å². The van der Waals surface area contributed by atoms with Crippen LogP contribution in [0.15, 0.2) is 47.3 Å². The van der Waals surface area contributed by atoms with E-state index in [0.29, 0.717) is 37.7 Å². The number of hydrogen-bond acceptors (Lipinski definition) is 3. The van der Waals surface area contributed by atoms with Crippen LogP contribution >= 0.6 is 11.6 Å². The van der Waals surface area contributed by atoms with Gasteiger partial charge in [0.1, 0.15) is 6.10 Å². The largest absolute Gasteiger partial charge is 0.370 e. The van der Waals surface area contributed by atoms with Crippen molar-refractivity contribution < 1.29 is 9.53 Å². The highest BCUT2D eigenvalue weighted by Crippen LogP contribution is 2.24. The molecular weight excluding hydrogens is 340 g/mol. The van der Waals surface area contributed by atoms with E-state index in [9.17, 15) is 9.59 Å². The Balaban J connectivity index is 1.62. The van der Waals surface area contributed by atoms with Crippen LogP contribution in [0.3, 0.4) is 0 Å². The van der Waals surface area contributed by atoms with Crippen molar-refractivity contribution in [1.29, 1.82) is 0 Å². The van der Waals surface area contributed by atoms with Crippen molar-refractivity contribution in [3.8, 4) is 0 Å². The molecule has 1 atom stereocenters. The van der Waals surface area contributed by atoms with Gasteiger partial charge in [-0.05, 0) is 30.7 Å². The van der Waals surface area contributed by atoms with Gasteiger partial charge >= 0.3 is 0 Å². The van der Waals surface area contributed by atoms with Gasteiger partial charge in [-0.15, -0.1) is 0 Å². The Morgan fingerprint density at radius 1 is 1.24 bits per heavy atom. The van der Waals surface area contributed by atoms with Crippen LogP contribution in [0, 0.1) is 6.92 Å². The quantitative estimate of drug-likeness (QED) is 0.842. The molecule has 0 bridgehead atoms. The van der Waals surface area contributed by atoms with Gasteiger partial charge in [-0.1, -0.05) is 29.8 Å². The third-order valence-corrected chi connectivity index (χ3v) is 4.73. The van der Waals surface area contributed by atoms with Crippen molar-refractivity contribution in [2.24, 2.45) is 0 Å². The van der Waals surface area contributed by atoms with Crippen LogP contribution in [-0.2, 0) is 16.1 Å². The first-order valence-electron chi connectivity index (χ1n) is 8.36. The van der Waals surface area contributed by atoms with Crippen molar-refractivity contribution >= 4 is 17.5 Å². The molecule has 1 aromatic carbocycles. The van der Waals surface area contributed by atoms with Gasteiger partial charge in [0, 0.05) is 36.3 Å². The fourth-order valence-corrected chi connectivity index (χ4v) is 3.16. The normalized spacial score (nSPS) is 17.5. The molecule has 0 saturated carbocycles. The number of pyridine rings is 1. The number of aromatic nitrogens is 1. The first-order chi connectivity index (χ1) is 12.0. The Morgan fingerprint density at radius 2 is 2.00 bits per heavy atom. The maximum atomic E-state index is 12.6. The lowest BCUT2D eigenvalue weighted by molar-refractivity contribution is -0.139. The number of hydrogen-bond donors (Lipinski definition) is 0. The predicted octanol–water partition coefficient (Wildman–Crippen LogP) is 2.80. The zero-order chi connectivity index (χ0) is 17.8. The molecule has 25 heavy (non-hydrogen) atoms. The van der Waals surface area contributed by atoms with E-state index in [1.165, 1.54) is 6.07 Å². The summed E-state index contributed by atoms with van der Waals surface area (Å²) in [6, 6.07) is 12.6. The second-order valence-electron chi connectivity index (χ2n) is 6.16. The van der Waals surface area contributed by atoms with Crippen LogP contribution < -0.4 is 5.56 Å². The van der Waals surface area contributed by atoms with Crippen molar-refractivity contribution in [2.75, 3.05) is 19.7 Å². The lowest BCUT2D eigenvalue weighted by Crippen LogP contribution is -2.42. The highest BCUT2D eigenvalue weighted by molar-refractivity contribution is 6.30. The van der Waals surface area contributed by atoms with E-state index in [0.717, 1.165) is 11.3 Å². The SMILES string of the molecule is Cc1cccc(=O)n1CCC(=O)N1CCOC(c2ccc(Cl)cc2)C1. The van der Waals surface area contributed by atoms with Gasteiger partial charge in [-0.2, -0.15) is 0 Å². The van der Waals surface area contributed by atoms with E-state index in [1.807, 2.05) is 42.2 Å². The summed E-state index contributed by atoms with van der Waals surface area (Å²) in [7, 11) is 0. The molecule has 1 unspecified atom stereocenters. The van der Waals surface area contributed by atoms with Crippen molar-refractivity contribution in [2.45, 2.75) is 26.0 Å². The number of halogens is 1. The number of amides is 1. The first-order valence-corrected chi connectivity index (χ1v) is 8.73. The van der Waals surface area contributed by atoms with E-state index >= 15 is 0 Å². The molecule has 1 saturated heterocycles. The van der Waals surface area contributed by atoms with Crippen molar-refractivity contribution in [1.82, 2.24) is 9.47 Å². The number of benzene rings is 1. The van der Waals surface area contributed by atoms with Crippen LogP contribution in [0.4, 0.5) is 0 Å². The lowest BCUT2D eigenvalue weighted by atomic mass is 10.1. The smallest absolute Gasteiger partial charge is 0.250 e. The van der Waals surface area contributed by atoms with Crippen LogP contribution in [0.25, 0.3) is 0 Å². The second-order valence-corrected chi connectivity index (χ2v) is 6.59. The highest BCUT2D eigenvalue weighted by Gasteiger charge is 2.25. The lowest BCUT2D eigenvalue weighted by Gasteiger charge is -2.33. The summed E-state index contributed by atoms with van der Waals surface area (Å²) in [6.07, 6.45) is 0.161. The number of carbonyl (C=O) groups excluding carboxylic acids is 1. The van der Waals surface area contributed by atoms with Gasteiger partial charge in [0.15, 0.2) is 0 Å². The minimum absolute atomic E-state index is 0.0393. The highest BCUT2D eigenvalue weighted by atomic mass is 35.5. The molecule has 6 heteroatoms. The first kappa shape index (κ1) is 17.7. The Morgan fingerprint density at radius 3 is 2.72 bits per heavy atom. The molecule has 1 aliphatic rings. The molecule has 1 aliphatic heterocycles. The molecule has 2 aromatic rings. The molecule has 0 aliphatic carbocycles.